The van der Waals surface area contributed by atoms with E-state index in [4.69, 9.17) is 15.7 Å². The molecule has 0 radical (unpaired) electrons. The van der Waals surface area contributed by atoms with E-state index >= 15 is 0 Å². The highest BCUT2D eigenvalue weighted by Gasteiger charge is 2.11. The molecule has 0 aliphatic heterocycles. The third-order valence-electron chi connectivity index (χ3n) is 2.02. The lowest BCUT2D eigenvalue weighted by atomic mass is 10.3. The van der Waals surface area contributed by atoms with Crippen LogP contribution in [0.2, 0.25) is 0 Å². The predicted octanol–water partition coefficient (Wildman–Crippen LogP) is 1.35. The first-order valence-corrected chi connectivity index (χ1v) is 4.78. The maximum absolute atomic E-state index is 8.57. The molecule has 0 saturated heterocycles. The maximum Gasteiger partial charge on any atom is 0.192 e. The van der Waals surface area contributed by atoms with E-state index < -0.39 is 0 Å². The summed E-state index contributed by atoms with van der Waals surface area (Å²) in [6, 6.07) is 3.48. The van der Waals surface area contributed by atoms with Gasteiger partial charge in [-0.1, -0.05) is 12.1 Å². The molecule has 0 saturated carbocycles. The van der Waals surface area contributed by atoms with Crippen molar-refractivity contribution < 1.29 is 9.94 Å². The van der Waals surface area contributed by atoms with Crippen molar-refractivity contribution in [3.05, 3.63) is 24.0 Å². The molecule has 1 aromatic rings. The molecule has 0 aliphatic carbocycles. The van der Waals surface area contributed by atoms with Gasteiger partial charge in [0.25, 0.3) is 0 Å². The van der Waals surface area contributed by atoms with Gasteiger partial charge in [0.05, 0.1) is 6.10 Å². The van der Waals surface area contributed by atoms with Crippen LogP contribution in [0.4, 0.5) is 0 Å². The molecular formula is C10H15N3O2. The van der Waals surface area contributed by atoms with E-state index in [1.54, 1.807) is 18.3 Å². The van der Waals surface area contributed by atoms with Gasteiger partial charge in [-0.3, -0.25) is 0 Å². The summed E-state index contributed by atoms with van der Waals surface area (Å²) in [6.07, 6.45) is 2.51. The molecule has 1 unspecified atom stereocenters. The number of pyridine rings is 1. The van der Waals surface area contributed by atoms with E-state index in [1.807, 2.05) is 13.8 Å². The Morgan fingerprint density at radius 2 is 2.47 bits per heavy atom. The molecule has 5 heteroatoms. The van der Waals surface area contributed by atoms with E-state index in [0.29, 0.717) is 11.4 Å². The first kappa shape index (κ1) is 11.3. The quantitative estimate of drug-likeness (QED) is 0.339. The minimum Gasteiger partial charge on any atom is -0.488 e. The largest absolute Gasteiger partial charge is 0.488 e. The van der Waals surface area contributed by atoms with Gasteiger partial charge in [0.1, 0.15) is 5.75 Å². The molecule has 0 aromatic carbocycles. The van der Waals surface area contributed by atoms with Gasteiger partial charge in [0.2, 0.25) is 0 Å². The van der Waals surface area contributed by atoms with Crippen molar-refractivity contribution >= 4 is 5.84 Å². The number of nitrogens with zero attached hydrogens (tertiary/aromatic N) is 2. The second-order valence-corrected chi connectivity index (χ2v) is 3.17. The molecule has 1 rings (SSSR count). The average Bonchev–Trinajstić information content (AvgIpc) is 2.28. The molecule has 5 nitrogen and oxygen atoms in total. The lowest BCUT2D eigenvalue weighted by Gasteiger charge is -2.14. The monoisotopic (exact) mass is 209 g/mol. The van der Waals surface area contributed by atoms with E-state index in [9.17, 15) is 0 Å². The Morgan fingerprint density at radius 1 is 1.73 bits per heavy atom. The Kier molecular flexibility index (Phi) is 3.91. The summed E-state index contributed by atoms with van der Waals surface area (Å²) in [7, 11) is 0. The highest BCUT2D eigenvalue weighted by Crippen LogP contribution is 2.17. The van der Waals surface area contributed by atoms with Crippen LogP contribution in [0.1, 0.15) is 26.0 Å². The zero-order valence-corrected chi connectivity index (χ0v) is 8.84. The van der Waals surface area contributed by atoms with Crippen LogP contribution in [0.5, 0.6) is 5.75 Å². The van der Waals surface area contributed by atoms with Gasteiger partial charge < -0.3 is 15.7 Å². The van der Waals surface area contributed by atoms with E-state index in [2.05, 4.69) is 10.1 Å². The molecule has 3 N–H and O–H groups in total. The van der Waals surface area contributed by atoms with Crippen molar-refractivity contribution in [2.24, 2.45) is 10.9 Å². The molecule has 0 bridgehead atoms. The van der Waals surface area contributed by atoms with Gasteiger partial charge in [0, 0.05) is 6.20 Å². The second-order valence-electron chi connectivity index (χ2n) is 3.17. The molecular weight excluding hydrogens is 194 g/mol. The fraction of sp³-hybridized carbons (Fsp3) is 0.400. The molecule has 1 heterocycles. The maximum atomic E-state index is 8.57. The number of hydrogen-bond donors (Lipinski definition) is 2. The van der Waals surface area contributed by atoms with Crippen LogP contribution in [0.25, 0.3) is 0 Å². The van der Waals surface area contributed by atoms with Crippen molar-refractivity contribution in [1.82, 2.24) is 4.98 Å². The number of ether oxygens (including phenoxy) is 1. The highest BCUT2D eigenvalue weighted by atomic mass is 16.5. The molecule has 15 heavy (non-hydrogen) atoms. The van der Waals surface area contributed by atoms with E-state index in [-0.39, 0.29) is 11.9 Å². The lowest BCUT2D eigenvalue weighted by molar-refractivity contribution is 0.216. The van der Waals surface area contributed by atoms with Gasteiger partial charge >= 0.3 is 0 Å². The van der Waals surface area contributed by atoms with Crippen molar-refractivity contribution in [1.29, 1.82) is 0 Å². The zero-order chi connectivity index (χ0) is 11.3. The summed E-state index contributed by atoms with van der Waals surface area (Å²) in [5, 5.41) is 11.5. The molecule has 1 aromatic heterocycles. The second kappa shape index (κ2) is 5.19. The number of aromatic nitrogens is 1. The standard InChI is InChI=1S/C10H15N3O2/c1-3-7(2)15-8-5-4-6-12-9(8)10(11)13-14/h4-7,14H,3H2,1-2H3,(H2,11,13). The smallest absolute Gasteiger partial charge is 0.192 e. The van der Waals surface area contributed by atoms with Crippen molar-refractivity contribution in [2.75, 3.05) is 0 Å². The normalized spacial score (nSPS) is 13.6. The van der Waals surface area contributed by atoms with E-state index in [1.165, 1.54) is 0 Å². The molecule has 0 aliphatic rings. The van der Waals surface area contributed by atoms with Gasteiger partial charge in [-0.25, -0.2) is 4.98 Å². The lowest BCUT2D eigenvalue weighted by Crippen LogP contribution is -2.19. The van der Waals surface area contributed by atoms with Gasteiger partial charge in [-0.05, 0) is 25.5 Å². The zero-order valence-electron chi connectivity index (χ0n) is 8.84. The first-order valence-electron chi connectivity index (χ1n) is 4.78. The molecule has 0 fully saturated rings. The third-order valence-corrected chi connectivity index (χ3v) is 2.02. The number of hydrogen-bond acceptors (Lipinski definition) is 4. The van der Waals surface area contributed by atoms with Crippen LogP contribution in [0, 0.1) is 0 Å². The van der Waals surface area contributed by atoms with Gasteiger partial charge in [-0.2, -0.15) is 0 Å². The Bertz CT molecular complexity index is 352. The Hall–Kier alpha value is -1.78. The predicted molar refractivity (Wildman–Crippen MR) is 57.1 cm³/mol. The SMILES string of the molecule is CCC(C)Oc1cccnc1/C(N)=N/O. The number of oxime groups is 1. The average molecular weight is 209 g/mol. The van der Waals surface area contributed by atoms with Crippen LogP contribution in [0.3, 0.4) is 0 Å². The van der Waals surface area contributed by atoms with Crippen molar-refractivity contribution in [2.45, 2.75) is 26.4 Å². The fourth-order valence-electron chi connectivity index (χ4n) is 1.03. The van der Waals surface area contributed by atoms with Gasteiger partial charge in [0.15, 0.2) is 11.5 Å². The van der Waals surface area contributed by atoms with Crippen LogP contribution in [-0.4, -0.2) is 22.1 Å². The summed E-state index contributed by atoms with van der Waals surface area (Å²) in [4.78, 5) is 4.00. The number of rotatable bonds is 4. The summed E-state index contributed by atoms with van der Waals surface area (Å²) >= 11 is 0. The van der Waals surface area contributed by atoms with Crippen LogP contribution in [-0.2, 0) is 0 Å². The molecule has 0 spiro atoms. The molecule has 1 atom stereocenters. The minimum absolute atomic E-state index is 0.0473. The summed E-state index contributed by atoms with van der Waals surface area (Å²) in [5.41, 5.74) is 5.83. The van der Waals surface area contributed by atoms with E-state index in [0.717, 1.165) is 6.42 Å². The summed E-state index contributed by atoms with van der Waals surface area (Å²) in [6.45, 7) is 3.97. The highest BCUT2D eigenvalue weighted by molar-refractivity contribution is 5.97. The number of amidine groups is 1. The van der Waals surface area contributed by atoms with Crippen LogP contribution in [0.15, 0.2) is 23.5 Å². The van der Waals surface area contributed by atoms with Crippen molar-refractivity contribution in [3.8, 4) is 5.75 Å². The first-order chi connectivity index (χ1) is 7.19. The topological polar surface area (TPSA) is 80.7 Å². The van der Waals surface area contributed by atoms with Crippen LogP contribution < -0.4 is 10.5 Å². The third kappa shape index (κ3) is 2.83. The molecule has 0 amide bonds. The summed E-state index contributed by atoms with van der Waals surface area (Å²) in [5.74, 6) is 0.482. The minimum atomic E-state index is -0.0473. The summed E-state index contributed by atoms with van der Waals surface area (Å²) < 4.78 is 5.58. The van der Waals surface area contributed by atoms with Gasteiger partial charge in [-0.15, -0.1) is 0 Å². The van der Waals surface area contributed by atoms with Crippen LogP contribution >= 0.6 is 0 Å². The Morgan fingerprint density at radius 3 is 3.07 bits per heavy atom. The number of nitrogens with two attached hydrogens (primary N) is 1. The Balaban J connectivity index is 2.96. The van der Waals surface area contributed by atoms with Crippen molar-refractivity contribution in [3.63, 3.8) is 0 Å². The molecule has 82 valence electrons. The fourth-order valence-corrected chi connectivity index (χ4v) is 1.03. The Labute approximate surface area is 88.6 Å².